The fourth-order valence-electron chi connectivity index (χ4n) is 2.63. The van der Waals surface area contributed by atoms with E-state index in [0.29, 0.717) is 17.7 Å². The minimum atomic E-state index is -0.410. The molecule has 0 fully saturated rings. The third kappa shape index (κ3) is 5.67. The largest absolute Gasteiger partial charge is 0.411 e. The summed E-state index contributed by atoms with van der Waals surface area (Å²) in [6, 6.07) is 14.0. The van der Waals surface area contributed by atoms with Crippen molar-refractivity contribution in [3.05, 3.63) is 65.5 Å². The lowest BCUT2D eigenvalue weighted by Gasteiger charge is -2.18. The fourth-order valence-corrected chi connectivity index (χ4v) is 3.33. The van der Waals surface area contributed by atoms with Crippen LogP contribution >= 0.6 is 11.8 Å². The number of rotatable bonds is 6. The zero-order chi connectivity index (χ0) is 21.0. The van der Waals surface area contributed by atoms with Crippen molar-refractivity contribution in [1.29, 1.82) is 0 Å². The first-order valence-electron chi connectivity index (χ1n) is 9.35. The van der Waals surface area contributed by atoms with Crippen molar-refractivity contribution in [2.75, 3.05) is 0 Å². The van der Waals surface area contributed by atoms with Crippen molar-refractivity contribution in [2.24, 2.45) is 0 Å². The van der Waals surface area contributed by atoms with Gasteiger partial charge in [-0.05, 0) is 47.7 Å². The van der Waals surface area contributed by atoms with Crippen LogP contribution in [-0.4, -0.2) is 21.4 Å². The highest BCUT2D eigenvalue weighted by atomic mass is 32.2. The normalized spacial score (nSPS) is 12.6. The second kappa shape index (κ2) is 8.78. The van der Waals surface area contributed by atoms with E-state index in [-0.39, 0.29) is 17.1 Å². The number of nitrogens with zero attached hydrogens (tertiary/aromatic N) is 2. The molecule has 1 heterocycles. The van der Waals surface area contributed by atoms with Crippen LogP contribution in [0.15, 0.2) is 58.2 Å². The molecule has 0 saturated carbocycles. The summed E-state index contributed by atoms with van der Waals surface area (Å²) in [6.07, 6.45) is 0. The van der Waals surface area contributed by atoms with Gasteiger partial charge >= 0.3 is 0 Å². The molecule has 0 spiro atoms. The highest BCUT2D eigenvalue weighted by molar-refractivity contribution is 8.00. The Hall–Kier alpha value is -2.67. The summed E-state index contributed by atoms with van der Waals surface area (Å²) in [5.74, 6) is -0.0373. The lowest BCUT2D eigenvalue weighted by atomic mass is 9.87. The van der Waals surface area contributed by atoms with Gasteiger partial charge in [0.25, 0.3) is 5.22 Å². The Labute approximate surface area is 174 Å². The van der Waals surface area contributed by atoms with Gasteiger partial charge < -0.3 is 9.73 Å². The molecule has 0 aliphatic heterocycles. The van der Waals surface area contributed by atoms with Crippen molar-refractivity contribution in [2.45, 2.75) is 50.1 Å². The van der Waals surface area contributed by atoms with Gasteiger partial charge in [0.05, 0.1) is 5.25 Å². The molecule has 0 bridgehead atoms. The van der Waals surface area contributed by atoms with Gasteiger partial charge in [-0.2, -0.15) is 0 Å². The number of hydrogen-bond donors (Lipinski definition) is 1. The van der Waals surface area contributed by atoms with Crippen LogP contribution in [0.3, 0.4) is 0 Å². The molecular formula is C22H24FN3O2S. The van der Waals surface area contributed by atoms with E-state index in [1.54, 1.807) is 19.1 Å². The highest BCUT2D eigenvalue weighted by Crippen LogP contribution is 2.28. The van der Waals surface area contributed by atoms with Gasteiger partial charge in [-0.15, -0.1) is 10.2 Å². The van der Waals surface area contributed by atoms with Gasteiger partial charge in [0.15, 0.2) is 0 Å². The van der Waals surface area contributed by atoms with Gasteiger partial charge in [0, 0.05) is 12.1 Å². The molecule has 1 N–H and O–H groups in total. The minimum Gasteiger partial charge on any atom is -0.411 e. The van der Waals surface area contributed by atoms with Crippen LogP contribution < -0.4 is 5.32 Å². The summed E-state index contributed by atoms with van der Waals surface area (Å²) in [5.41, 5.74) is 2.97. The minimum absolute atomic E-state index is 0.0745. The molecule has 3 aromatic rings. The van der Waals surface area contributed by atoms with E-state index in [0.717, 1.165) is 11.1 Å². The van der Waals surface area contributed by atoms with Crippen molar-refractivity contribution in [1.82, 2.24) is 15.5 Å². The number of carbonyl (C=O) groups is 1. The van der Waals surface area contributed by atoms with E-state index >= 15 is 0 Å². The van der Waals surface area contributed by atoms with Crippen LogP contribution in [-0.2, 0) is 16.8 Å². The Morgan fingerprint density at radius 1 is 1.10 bits per heavy atom. The predicted molar refractivity (Wildman–Crippen MR) is 112 cm³/mol. The Morgan fingerprint density at radius 3 is 2.38 bits per heavy atom. The number of amides is 1. The van der Waals surface area contributed by atoms with E-state index in [1.165, 1.54) is 29.5 Å². The van der Waals surface area contributed by atoms with Crippen LogP contribution in [0.1, 0.15) is 38.8 Å². The van der Waals surface area contributed by atoms with Crippen LogP contribution in [0.5, 0.6) is 0 Å². The van der Waals surface area contributed by atoms with Gasteiger partial charge in [0.1, 0.15) is 5.82 Å². The summed E-state index contributed by atoms with van der Waals surface area (Å²) in [6.45, 7) is 8.58. The maximum Gasteiger partial charge on any atom is 0.277 e. The molecule has 0 aliphatic rings. The molecular weight excluding hydrogens is 389 g/mol. The van der Waals surface area contributed by atoms with E-state index in [2.05, 4.69) is 48.4 Å². The number of hydrogen-bond acceptors (Lipinski definition) is 5. The highest BCUT2D eigenvalue weighted by Gasteiger charge is 2.19. The number of thioether (sulfide) groups is 1. The molecule has 1 atom stereocenters. The van der Waals surface area contributed by atoms with Crippen LogP contribution in [0.4, 0.5) is 4.39 Å². The lowest BCUT2D eigenvalue weighted by Crippen LogP contribution is -2.30. The van der Waals surface area contributed by atoms with Gasteiger partial charge in [-0.1, -0.05) is 56.8 Å². The summed E-state index contributed by atoms with van der Waals surface area (Å²) in [4.78, 5) is 12.3. The number of benzene rings is 2. The molecule has 5 nitrogen and oxygen atoms in total. The summed E-state index contributed by atoms with van der Waals surface area (Å²) < 4.78 is 18.6. The lowest BCUT2D eigenvalue weighted by molar-refractivity contribution is -0.120. The second-order valence-electron chi connectivity index (χ2n) is 7.80. The average molecular weight is 414 g/mol. The maximum absolute atomic E-state index is 12.9. The third-order valence-corrected chi connectivity index (χ3v) is 5.37. The van der Waals surface area contributed by atoms with Gasteiger partial charge in [-0.3, -0.25) is 4.79 Å². The zero-order valence-corrected chi connectivity index (χ0v) is 17.7. The van der Waals surface area contributed by atoms with Crippen molar-refractivity contribution >= 4 is 17.7 Å². The third-order valence-electron chi connectivity index (χ3n) is 4.43. The molecule has 29 heavy (non-hydrogen) atoms. The molecule has 0 saturated heterocycles. The second-order valence-corrected chi connectivity index (χ2v) is 9.10. The molecule has 0 radical (unpaired) electrons. The predicted octanol–water partition coefficient (Wildman–Crippen LogP) is 4.97. The molecule has 3 rings (SSSR count). The maximum atomic E-state index is 12.9. The van der Waals surface area contributed by atoms with Crippen LogP contribution in [0.2, 0.25) is 0 Å². The van der Waals surface area contributed by atoms with Crippen molar-refractivity contribution in [3.63, 3.8) is 0 Å². The fraction of sp³-hybridized carbons (Fsp3) is 0.318. The monoisotopic (exact) mass is 413 g/mol. The Bertz CT molecular complexity index is 963. The zero-order valence-electron chi connectivity index (χ0n) is 16.9. The van der Waals surface area contributed by atoms with Crippen molar-refractivity contribution < 1.29 is 13.6 Å². The molecule has 0 aliphatic carbocycles. The first-order chi connectivity index (χ1) is 13.7. The Morgan fingerprint density at radius 2 is 1.76 bits per heavy atom. The van der Waals surface area contributed by atoms with E-state index in [4.69, 9.17) is 4.42 Å². The van der Waals surface area contributed by atoms with Gasteiger partial charge in [-0.25, -0.2) is 4.39 Å². The first kappa shape index (κ1) is 21.0. The van der Waals surface area contributed by atoms with E-state index in [1.807, 2.05) is 12.1 Å². The average Bonchev–Trinajstić information content (AvgIpc) is 3.15. The Kier molecular flexibility index (Phi) is 6.37. The summed E-state index contributed by atoms with van der Waals surface area (Å²) in [7, 11) is 0. The SMILES string of the molecule is C[C@H](Sc1nnc(-c2ccc(C(C)(C)C)cc2)o1)C(=O)NCc1ccc(F)cc1. The smallest absolute Gasteiger partial charge is 0.277 e. The quantitative estimate of drug-likeness (QED) is 0.578. The van der Waals surface area contributed by atoms with Crippen molar-refractivity contribution in [3.8, 4) is 11.5 Å². The molecule has 7 heteroatoms. The molecule has 152 valence electrons. The van der Waals surface area contributed by atoms with Crippen LogP contribution in [0.25, 0.3) is 11.5 Å². The van der Waals surface area contributed by atoms with E-state index < -0.39 is 5.25 Å². The van der Waals surface area contributed by atoms with Crippen LogP contribution in [0, 0.1) is 5.82 Å². The van der Waals surface area contributed by atoms with E-state index in [9.17, 15) is 9.18 Å². The summed E-state index contributed by atoms with van der Waals surface area (Å²) in [5, 5.41) is 10.9. The summed E-state index contributed by atoms with van der Waals surface area (Å²) >= 11 is 1.20. The number of carbonyl (C=O) groups excluding carboxylic acids is 1. The number of halogens is 1. The molecule has 0 unspecified atom stereocenters. The number of nitrogens with one attached hydrogen (secondary N) is 1. The molecule has 1 aromatic heterocycles. The first-order valence-corrected chi connectivity index (χ1v) is 10.2. The van der Waals surface area contributed by atoms with Gasteiger partial charge in [0.2, 0.25) is 11.8 Å². The molecule has 1 amide bonds. The number of aromatic nitrogens is 2. The Balaban J connectivity index is 1.57. The molecule has 2 aromatic carbocycles. The standard InChI is InChI=1S/C22H24FN3O2S/c1-14(19(27)24-13-15-5-11-18(23)12-6-15)29-21-26-25-20(28-21)16-7-9-17(10-8-16)22(2,3)4/h5-12,14H,13H2,1-4H3,(H,24,27)/t14-/m0/s1. The topological polar surface area (TPSA) is 68.0 Å².